The number of rotatable bonds is 3. The lowest BCUT2D eigenvalue weighted by molar-refractivity contribution is 0.628. The van der Waals surface area contributed by atoms with Gasteiger partial charge in [0.1, 0.15) is 18.5 Å². The van der Waals surface area contributed by atoms with E-state index in [-0.39, 0.29) is 5.82 Å². The first-order valence-electron chi connectivity index (χ1n) is 6.30. The minimum atomic E-state index is -0.241. The molecule has 0 radical (unpaired) electrons. The molecule has 0 bridgehead atoms. The van der Waals surface area contributed by atoms with E-state index in [0.29, 0.717) is 5.03 Å². The minimum absolute atomic E-state index is 0.241. The van der Waals surface area contributed by atoms with Gasteiger partial charge in [-0.3, -0.25) is 0 Å². The highest BCUT2D eigenvalue weighted by Crippen LogP contribution is 2.24. The van der Waals surface area contributed by atoms with Crippen molar-refractivity contribution in [3.63, 3.8) is 0 Å². The maximum atomic E-state index is 12.9. The fourth-order valence-corrected chi connectivity index (χ4v) is 2.16. The van der Waals surface area contributed by atoms with Crippen molar-refractivity contribution in [2.24, 2.45) is 0 Å². The molecular formula is C16H11ClFN3. The van der Waals surface area contributed by atoms with Crippen LogP contribution in [0.3, 0.4) is 0 Å². The molecule has 0 amide bonds. The Balaban J connectivity index is 1.85. The van der Waals surface area contributed by atoms with Gasteiger partial charge in [-0.1, -0.05) is 48.0 Å². The van der Waals surface area contributed by atoms with Crippen LogP contribution in [0.4, 0.5) is 4.39 Å². The van der Waals surface area contributed by atoms with E-state index in [0.717, 1.165) is 16.7 Å². The van der Waals surface area contributed by atoms with Crippen molar-refractivity contribution < 1.29 is 4.39 Å². The molecule has 0 N–H and O–H groups in total. The molecule has 0 saturated heterocycles. The van der Waals surface area contributed by atoms with Crippen LogP contribution in [-0.4, -0.2) is 14.8 Å². The van der Waals surface area contributed by atoms with Crippen molar-refractivity contribution in [3.8, 4) is 11.1 Å². The van der Waals surface area contributed by atoms with Crippen molar-refractivity contribution in [1.29, 1.82) is 0 Å². The zero-order chi connectivity index (χ0) is 14.7. The minimum Gasteiger partial charge on any atom is -0.227 e. The maximum absolute atomic E-state index is 12.9. The van der Waals surface area contributed by atoms with E-state index in [2.05, 4.69) is 10.1 Å². The maximum Gasteiger partial charge on any atom is 0.138 e. The number of aromatic nitrogens is 3. The molecule has 5 heteroatoms. The Hall–Kier alpha value is -2.46. The molecule has 0 aliphatic rings. The number of nitrogens with zero attached hydrogens (tertiary/aromatic N) is 3. The summed E-state index contributed by atoms with van der Waals surface area (Å²) in [4.78, 5) is 3.85. The van der Waals surface area contributed by atoms with Gasteiger partial charge >= 0.3 is 0 Å². The van der Waals surface area contributed by atoms with Crippen LogP contribution < -0.4 is 0 Å². The summed E-state index contributed by atoms with van der Waals surface area (Å²) in [6, 6.07) is 14.1. The van der Waals surface area contributed by atoms with Crippen LogP contribution in [0, 0.1) is 5.82 Å². The molecule has 1 heterocycles. The standard InChI is InChI=1S/C16H11ClFN3/c17-16(9-21-11-19-10-20-21)14-3-1-12(2-4-14)13-5-7-15(18)8-6-13/h1-11H/b16-9+. The van der Waals surface area contributed by atoms with Gasteiger partial charge in [0.05, 0.1) is 5.03 Å². The first-order chi connectivity index (χ1) is 10.2. The van der Waals surface area contributed by atoms with E-state index >= 15 is 0 Å². The lowest BCUT2D eigenvalue weighted by atomic mass is 10.0. The Bertz CT molecular complexity index is 747. The Morgan fingerprint density at radius 1 is 1.00 bits per heavy atom. The SMILES string of the molecule is Fc1ccc(-c2ccc(/C(Cl)=C\n3cncn3)cc2)cc1. The highest BCUT2D eigenvalue weighted by molar-refractivity contribution is 6.50. The Morgan fingerprint density at radius 3 is 2.19 bits per heavy atom. The summed E-state index contributed by atoms with van der Waals surface area (Å²) in [6.45, 7) is 0. The molecule has 104 valence electrons. The van der Waals surface area contributed by atoms with Gasteiger partial charge in [-0.15, -0.1) is 0 Å². The monoisotopic (exact) mass is 299 g/mol. The van der Waals surface area contributed by atoms with E-state index in [1.807, 2.05) is 24.3 Å². The molecule has 2 aromatic carbocycles. The van der Waals surface area contributed by atoms with E-state index in [4.69, 9.17) is 11.6 Å². The molecule has 0 spiro atoms. The quantitative estimate of drug-likeness (QED) is 0.723. The van der Waals surface area contributed by atoms with Gasteiger partial charge in [0.2, 0.25) is 0 Å². The summed E-state index contributed by atoms with van der Waals surface area (Å²) in [5.41, 5.74) is 2.83. The van der Waals surface area contributed by atoms with Gasteiger partial charge in [-0.25, -0.2) is 14.1 Å². The molecule has 0 aliphatic carbocycles. The average molecular weight is 300 g/mol. The fraction of sp³-hybridized carbons (Fsp3) is 0. The second-order valence-corrected chi connectivity index (χ2v) is 4.84. The van der Waals surface area contributed by atoms with E-state index in [9.17, 15) is 4.39 Å². The summed E-state index contributed by atoms with van der Waals surface area (Å²) in [6.07, 6.45) is 4.69. The second-order valence-electron chi connectivity index (χ2n) is 4.44. The lowest BCUT2D eigenvalue weighted by Crippen LogP contribution is -1.87. The van der Waals surface area contributed by atoms with Crippen LogP contribution in [-0.2, 0) is 0 Å². The van der Waals surface area contributed by atoms with Crippen molar-refractivity contribution >= 4 is 22.8 Å². The number of hydrogen-bond donors (Lipinski definition) is 0. The molecule has 3 nitrogen and oxygen atoms in total. The zero-order valence-corrected chi connectivity index (χ0v) is 11.7. The zero-order valence-electron chi connectivity index (χ0n) is 10.9. The third-order valence-electron chi connectivity index (χ3n) is 3.02. The summed E-state index contributed by atoms with van der Waals surface area (Å²) < 4.78 is 14.5. The Morgan fingerprint density at radius 2 is 1.62 bits per heavy atom. The van der Waals surface area contributed by atoms with Crippen molar-refractivity contribution in [2.75, 3.05) is 0 Å². The molecule has 1 aromatic heterocycles. The average Bonchev–Trinajstić information content (AvgIpc) is 3.01. The Kier molecular flexibility index (Phi) is 3.79. The van der Waals surface area contributed by atoms with Crippen LogP contribution >= 0.6 is 11.6 Å². The van der Waals surface area contributed by atoms with Gasteiger partial charge in [-0.2, -0.15) is 5.10 Å². The van der Waals surface area contributed by atoms with E-state index in [1.165, 1.54) is 23.1 Å². The van der Waals surface area contributed by atoms with Crippen molar-refractivity contribution in [3.05, 3.63) is 72.6 Å². The molecular weight excluding hydrogens is 289 g/mol. The first kappa shape index (κ1) is 13.5. The summed E-state index contributed by atoms with van der Waals surface area (Å²) in [5.74, 6) is -0.241. The predicted molar refractivity (Wildman–Crippen MR) is 81.9 cm³/mol. The summed E-state index contributed by atoms with van der Waals surface area (Å²) in [5, 5.41) is 4.53. The van der Waals surface area contributed by atoms with Gasteiger partial charge in [0.25, 0.3) is 0 Å². The van der Waals surface area contributed by atoms with Crippen molar-refractivity contribution in [1.82, 2.24) is 14.8 Å². The molecule has 0 unspecified atom stereocenters. The predicted octanol–water partition coefficient (Wildman–Crippen LogP) is 4.28. The Labute approximate surface area is 126 Å². The van der Waals surface area contributed by atoms with Crippen LogP contribution in [0.25, 0.3) is 22.4 Å². The molecule has 0 fully saturated rings. The largest absolute Gasteiger partial charge is 0.227 e. The molecule has 0 aliphatic heterocycles. The lowest BCUT2D eigenvalue weighted by Gasteiger charge is -2.04. The topological polar surface area (TPSA) is 30.7 Å². The van der Waals surface area contributed by atoms with Crippen LogP contribution in [0.5, 0.6) is 0 Å². The third kappa shape index (κ3) is 3.17. The highest BCUT2D eigenvalue weighted by atomic mass is 35.5. The summed E-state index contributed by atoms with van der Waals surface area (Å²) >= 11 is 6.24. The van der Waals surface area contributed by atoms with Gasteiger partial charge in [0, 0.05) is 6.20 Å². The smallest absolute Gasteiger partial charge is 0.138 e. The number of halogens is 2. The number of benzene rings is 2. The van der Waals surface area contributed by atoms with Crippen LogP contribution in [0.15, 0.2) is 61.2 Å². The van der Waals surface area contributed by atoms with Crippen molar-refractivity contribution in [2.45, 2.75) is 0 Å². The van der Waals surface area contributed by atoms with Crippen LogP contribution in [0.2, 0.25) is 0 Å². The number of hydrogen-bond acceptors (Lipinski definition) is 2. The third-order valence-corrected chi connectivity index (χ3v) is 3.34. The summed E-state index contributed by atoms with van der Waals surface area (Å²) in [7, 11) is 0. The molecule has 21 heavy (non-hydrogen) atoms. The molecule has 0 saturated carbocycles. The van der Waals surface area contributed by atoms with Crippen LogP contribution in [0.1, 0.15) is 5.56 Å². The van der Waals surface area contributed by atoms with Gasteiger partial charge in [0.15, 0.2) is 0 Å². The second kappa shape index (κ2) is 5.89. The highest BCUT2D eigenvalue weighted by Gasteiger charge is 2.02. The fourth-order valence-electron chi connectivity index (χ4n) is 1.94. The molecule has 0 atom stereocenters. The van der Waals surface area contributed by atoms with Gasteiger partial charge in [-0.05, 0) is 28.8 Å². The van der Waals surface area contributed by atoms with Gasteiger partial charge < -0.3 is 0 Å². The first-order valence-corrected chi connectivity index (χ1v) is 6.68. The molecule has 3 rings (SSSR count). The van der Waals surface area contributed by atoms with E-state index in [1.54, 1.807) is 24.7 Å². The molecule has 3 aromatic rings. The van der Waals surface area contributed by atoms with E-state index < -0.39 is 0 Å². The normalized spacial score (nSPS) is 11.6.